The van der Waals surface area contributed by atoms with Crippen LogP contribution in [0.1, 0.15) is 110 Å². The summed E-state index contributed by atoms with van der Waals surface area (Å²) in [7, 11) is 0. The summed E-state index contributed by atoms with van der Waals surface area (Å²) in [6, 6.07) is 18.1. The number of phenolic OH excluding ortho intramolecular Hbond substituents is 1. The van der Waals surface area contributed by atoms with Crippen molar-refractivity contribution in [2.45, 2.75) is 103 Å². The molecule has 5 aromatic heterocycles. The van der Waals surface area contributed by atoms with Crippen molar-refractivity contribution in [2.24, 2.45) is 5.92 Å². The molecule has 3 saturated heterocycles. The van der Waals surface area contributed by atoms with E-state index in [-0.39, 0.29) is 42.5 Å². The number of nitrogens with one attached hydrogen (secondary N) is 1. The standard InChI is InChI=1S/C52H58N10O5S2/c1-29(2)46(51(66)62-27-38(63)22-42(62)49(65)56-31(4)33-10-12-35(13-11-33)48-32(5)55-28-68-48)44-24-45(59-67-44)60-18-14-34(15-19-60)37-25-53-52(54-26-37)61-20-16-36(17-21-61)47-30(3)40-23-41(57-58-50(40)69-47)39-8-6-7-9-43(39)64/h6-13,23-26,28-29,31,34,36,38,42,46,63-64H,14-22,27H2,1-5H3,(H,56,65)/t31?,38-,42+,46?/m1/s1. The first-order valence-corrected chi connectivity index (χ1v) is 25.7. The van der Waals surface area contributed by atoms with E-state index in [1.807, 2.05) is 88.1 Å². The molecule has 0 aliphatic carbocycles. The van der Waals surface area contributed by atoms with Crippen LogP contribution < -0.4 is 15.1 Å². The molecular weight excluding hydrogens is 909 g/mol. The summed E-state index contributed by atoms with van der Waals surface area (Å²) in [5.41, 5.74) is 8.57. The molecule has 69 heavy (non-hydrogen) atoms. The number of rotatable bonds is 12. The van der Waals surface area contributed by atoms with E-state index < -0.39 is 18.1 Å². The number of thiazole rings is 1. The van der Waals surface area contributed by atoms with Gasteiger partial charge in [-0.3, -0.25) is 9.59 Å². The number of hydrogen-bond donors (Lipinski definition) is 3. The summed E-state index contributed by atoms with van der Waals surface area (Å²) in [5, 5.41) is 38.8. The van der Waals surface area contributed by atoms with E-state index in [0.29, 0.717) is 34.7 Å². The van der Waals surface area contributed by atoms with Gasteiger partial charge in [-0.2, -0.15) is 0 Å². The number of carbonyl (C=O) groups is 2. The first-order valence-electron chi connectivity index (χ1n) is 24.0. The number of piperidine rings is 2. The molecule has 3 N–H and O–H groups in total. The normalized spacial score (nSPS) is 19.1. The summed E-state index contributed by atoms with van der Waals surface area (Å²) in [5.74, 6) is 1.47. The molecule has 17 heteroatoms. The van der Waals surface area contributed by atoms with E-state index in [1.54, 1.807) is 34.8 Å². The molecule has 15 nitrogen and oxygen atoms in total. The second-order valence-corrected chi connectivity index (χ2v) is 21.1. The highest BCUT2D eigenvalue weighted by Crippen LogP contribution is 2.42. The fourth-order valence-electron chi connectivity index (χ4n) is 10.4. The van der Waals surface area contributed by atoms with Crippen molar-refractivity contribution in [3.8, 4) is 27.4 Å². The van der Waals surface area contributed by atoms with Crippen LogP contribution in [0, 0.1) is 19.8 Å². The van der Waals surface area contributed by atoms with Crippen molar-refractivity contribution >= 4 is 56.5 Å². The monoisotopic (exact) mass is 966 g/mol. The lowest BCUT2D eigenvalue weighted by atomic mass is 9.90. The lowest BCUT2D eigenvalue weighted by Gasteiger charge is -2.33. The Hall–Kier alpha value is -6.30. The zero-order chi connectivity index (χ0) is 47.9. The molecule has 3 fully saturated rings. The quantitative estimate of drug-likeness (QED) is 0.105. The molecule has 10 rings (SSSR count). The van der Waals surface area contributed by atoms with Gasteiger partial charge in [0, 0.05) is 73.4 Å². The molecule has 4 atom stereocenters. The number of benzene rings is 2. The van der Waals surface area contributed by atoms with Gasteiger partial charge < -0.3 is 34.8 Å². The Kier molecular flexibility index (Phi) is 13.2. The van der Waals surface area contributed by atoms with E-state index in [9.17, 15) is 19.8 Å². The fraction of sp³-hybridized carbons (Fsp3) is 0.423. The lowest BCUT2D eigenvalue weighted by molar-refractivity contribution is -0.141. The minimum absolute atomic E-state index is 0.0730. The highest BCUT2D eigenvalue weighted by Gasteiger charge is 2.44. The maximum atomic E-state index is 14.4. The van der Waals surface area contributed by atoms with E-state index >= 15 is 0 Å². The molecule has 3 aliphatic heterocycles. The number of phenols is 1. The van der Waals surface area contributed by atoms with Crippen LogP contribution in [0.2, 0.25) is 0 Å². The summed E-state index contributed by atoms with van der Waals surface area (Å²) >= 11 is 3.33. The molecule has 358 valence electrons. The first kappa shape index (κ1) is 46.4. The Morgan fingerprint density at radius 3 is 2.28 bits per heavy atom. The van der Waals surface area contributed by atoms with Crippen molar-refractivity contribution in [3.63, 3.8) is 0 Å². The third kappa shape index (κ3) is 9.43. The fourth-order valence-corrected chi connectivity index (χ4v) is 12.5. The number of para-hydroxylation sites is 1. The van der Waals surface area contributed by atoms with Crippen LogP contribution in [-0.2, 0) is 9.59 Å². The molecule has 2 amide bonds. The van der Waals surface area contributed by atoms with Crippen LogP contribution >= 0.6 is 22.7 Å². The Morgan fingerprint density at radius 2 is 1.58 bits per heavy atom. The SMILES string of the molecule is Cc1ncsc1-c1ccc(C(C)NC(=O)[C@@H]2C[C@@H](O)CN2C(=O)C(c2cc(N3CCC(c4cnc(N5CCC(c6sc7nnc(-c8ccccc8O)cc7c6C)CC5)nc4)CC3)no2)C(C)C)cc1. The van der Waals surface area contributed by atoms with Crippen molar-refractivity contribution in [3.05, 3.63) is 112 Å². The maximum Gasteiger partial charge on any atom is 0.243 e. The molecule has 0 spiro atoms. The summed E-state index contributed by atoms with van der Waals surface area (Å²) < 4.78 is 5.92. The average Bonchev–Trinajstić information content (AvgIpc) is 4.19. The number of aromatic hydroxyl groups is 1. The van der Waals surface area contributed by atoms with Gasteiger partial charge in [0.25, 0.3) is 0 Å². The molecule has 3 aliphatic rings. The zero-order valence-corrected chi connectivity index (χ0v) is 41.2. The summed E-state index contributed by atoms with van der Waals surface area (Å²) in [6.07, 6.45) is 7.12. The molecule has 0 bridgehead atoms. The maximum absolute atomic E-state index is 14.4. The Labute approximate surface area is 409 Å². The van der Waals surface area contributed by atoms with Gasteiger partial charge in [0.05, 0.1) is 33.9 Å². The van der Waals surface area contributed by atoms with E-state index in [0.717, 1.165) is 95.3 Å². The topological polar surface area (TPSA) is 187 Å². The average molecular weight is 967 g/mol. The van der Waals surface area contributed by atoms with Crippen LogP contribution in [0.5, 0.6) is 5.75 Å². The van der Waals surface area contributed by atoms with Gasteiger partial charge >= 0.3 is 0 Å². The van der Waals surface area contributed by atoms with Crippen LogP contribution in [-0.4, -0.2) is 102 Å². The smallest absolute Gasteiger partial charge is 0.243 e. The number of aryl methyl sites for hydroxylation is 2. The highest BCUT2D eigenvalue weighted by atomic mass is 32.1. The van der Waals surface area contributed by atoms with Crippen LogP contribution in [0.25, 0.3) is 31.9 Å². The van der Waals surface area contributed by atoms with Crippen molar-refractivity contribution in [2.75, 3.05) is 42.5 Å². The molecule has 0 radical (unpaired) electrons. The molecule has 8 heterocycles. The largest absolute Gasteiger partial charge is 0.507 e. The number of hydrogen-bond acceptors (Lipinski definition) is 15. The summed E-state index contributed by atoms with van der Waals surface area (Å²) in [4.78, 5) is 51.6. The predicted octanol–water partition coefficient (Wildman–Crippen LogP) is 8.93. The Bertz CT molecular complexity index is 2940. The first-order chi connectivity index (χ1) is 33.4. The number of thiophene rings is 1. The molecule has 7 aromatic rings. The number of aliphatic hydroxyl groups is 1. The van der Waals surface area contributed by atoms with Gasteiger partial charge in [-0.15, -0.1) is 32.9 Å². The van der Waals surface area contributed by atoms with E-state index in [2.05, 4.69) is 48.4 Å². The van der Waals surface area contributed by atoms with E-state index in [4.69, 9.17) is 14.5 Å². The zero-order valence-electron chi connectivity index (χ0n) is 39.6. The molecule has 2 unspecified atom stereocenters. The second-order valence-electron chi connectivity index (χ2n) is 19.2. The van der Waals surface area contributed by atoms with Crippen LogP contribution in [0.3, 0.4) is 0 Å². The number of carbonyl (C=O) groups excluding carboxylic acids is 2. The second kappa shape index (κ2) is 19.6. The van der Waals surface area contributed by atoms with E-state index in [1.165, 1.54) is 15.3 Å². The van der Waals surface area contributed by atoms with Gasteiger partial charge in [0.15, 0.2) is 11.6 Å². The van der Waals surface area contributed by atoms with Crippen molar-refractivity contribution in [1.29, 1.82) is 0 Å². The number of anilines is 2. The number of amides is 2. The van der Waals surface area contributed by atoms with Gasteiger partial charge in [0.1, 0.15) is 22.5 Å². The lowest BCUT2D eigenvalue weighted by Crippen LogP contribution is -2.48. The highest BCUT2D eigenvalue weighted by molar-refractivity contribution is 7.19. The minimum atomic E-state index is -0.811. The Morgan fingerprint density at radius 1 is 0.870 bits per heavy atom. The number of nitrogens with zero attached hydrogens (tertiary/aromatic N) is 9. The van der Waals surface area contributed by atoms with Crippen molar-refractivity contribution in [1.82, 2.24) is 40.5 Å². The van der Waals surface area contributed by atoms with Crippen LogP contribution in [0.4, 0.5) is 11.8 Å². The molecular formula is C52H58N10O5S2. The van der Waals surface area contributed by atoms with Gasteiger partial charge in [-0.25, -0.2) is 15.0 Å². The van der Waals surface area contributed by atoms with Crippen molar-refractivity contribution < 1.29 is 24.3 Å². The number of β-amino-alcohol motifs (C(OH)–C–C–N with tert-alkyl or cyclic N) is 1. The number of aliphatic hydroxyl groups excluding tert-OH is 1. The van der Waals surface area contributed by atoms with Gasteiger partial charge in [-0.05, 0) is 105 Å². The minimum Gasteiger partial charge on any atom is -0.507 e. The number of fused-ring (bicyclic) bond motifs is 1. The molecule has 0 saturated carbocycles. The van der Waals surface area contributed by atoms with Crippen LogP contribution in [0.15, 0.2) is 83.1 Å². The van der Waals surface area contributed by atoms with Gasteiger partial charge in [0.2, 0.25) is 17.8 Å². The third-order valence-corrected chi connectivity index (χ3v) is 16.7. The number of aromatic nitrogens is 6. The number of likely N-dealkylation sites (tertiary alicyclic amines) is 1. The predicted molar refractivity (Wildman–Crippen MR) is 269 cm³/mol. The summed E-state index contributed by atoms with van der Waals surface area (Å²) in [6.45, 7) is 13.4. The Balaban J connectivity index is 0.723. The van der Waals surface area contributed by atoms with Gasteiger partial charge in [-0.1, -0.05) is 55.4 Å². The molecule has 2 aromatic carbocycles. The third-order valence-electron chi connectivity index (χ3n) is 14.4.